The SMILES string of the molecule is CCc1cnc(C)nc1N1CCC2(CC1)CC(=O)N(Cc1cccc(OC)c1)C2. The lowest BCUT2D eigenvalue weighted by Gasteiger charge is -2.40. The van der Waals surface area contributed by atoms with E-state index in [0.717, 1.165) is 61.9 Å². The van der Waals surface area contributed by atoms with E-state index < -0.39 is 0 Å². The van der Waals surface area contributed by atoms with Gasteiger partial charge in [0.1, 0.15) is 17.4 Å². The molecule has 2 fully saturated rings. The standard InChI is InChI=1S/C23H30N4O2/c1-4-19-14-24-17(2)25-22(19)26-10-8-23(9-11-26)13-21(28)27(16-23)15-18-6-5-7-20(12-18)29-3/h5-7,12,14H,4,8-11,13,15-16H2,1-3H3. The maximum absolute atomic E-state index is 12.8. The van der Waals surface area contributed by atoms with Crippen LogP contribution in [0.5, 0.6) is 5.75 Å². The van der Waals surface area contributed by atoms with Gasteiger partial charge in [-0.1, -0.05) is 19.1 Å². The molecule has 1 aromatic carbocycles. The summed E-state index contributed by atoms with van der Waals surface area (Å²) >= 11 is 0. The van der Waals surface area contributed by atoms with Crippen LogP contribution in [0, 0.1) is 12.3 Å². The lowest BCUT2D eigenvalue weighted by atomic mass is 9.77. The Bertz CT molecular complexity index is 890. The molecule has 0 N–H and O–H groups in total. The number of carbonyl (C=O) groups is 1. The maximum atomic E-state index is 12.8. The van der Waals surface area contributed by atoms with E-state index in [2.05, 4.69) is 22.9 Å². The van der Waals surface area contributed by atoms with Gasteiger partial charge < -0.3 is 14.5 Å². The Morgan fingerprint density at radius 3 is 2.76 bits per heavy atom. The first-order chi connectivity index (χ1) is 14.0. The molecule has 6 nitrogen and oxygen atoms in total. The molecule has 0 unspecified atom stereocenters. The van der Waals surface area contributed by atoms with E-state index in [4.69, 9.17) is 9.72 Å². The van der Waals surface area contributed by atoms with E-state index in [0.29, 0.717) is 13.0 Å². The first-order valence-electron chi connectivity index (χ1n) is 10.5. The van der Waals surface area contributed by atoms with Crippen LogP contribution in [0.2, 0.25) is 0 Å². The van der Waals surface area contributed by atoms with Crippen LogP contribution < -0.4 is 9.64 Å². The van der Waals surface area contributed by atoms with Crippen LogP contribution in [0.1, 0.15) is 43.1 Å². The van der Waals surface area contributed by atoms with Gasteiger partial charge in [0.25, 0.3) is 0 Å². The molecule has 2 aliphatic rings. The summed E-state index contributed by atoms with van der Waals surface area (Å²) in [5.41, 5.74) is 2.42. The minimum Gasteiger partial charge on any atom is -0.497 e. The van der Waals surface area contributed by atoms with Crippen molar-refractivity contribution in [1.82, 2.24) is 14.9 Å². The van der Waals surface area contributed by atoms with Crippen molar-refractivity contribution in [2.24, 2.45) is 5.41 Å². The number of hydrogen-bond donors (Lipinski definition) is 0. The van der Waals surface area contributed by atoms with E-state index in [1.165, 1.54) is 5.56 Å². The quantitative estimate of drug-likeness (QED) is 0.778. The molecule has 2 aromatic rings. The molecule has 1 spiro atoms. The number of amides is 1. The molecule has 154 valence electrons. The van der Waals surface area contributed by atoms with Gasteiger partial charge in [-0.2, -0.15) is 0 Å². The number of carbonyl (C=O) groups excluding carboxylic acids is 1. The molecule has 1 amide bonds. The summed E-state index contributed by atoms with van der Waals surface area (Å²) in [6.45, 7) is 7.50. The lowest BCUT2D eigenvalue weighted by molar-refractivity contribution is -0.128. The largest absolute Gasteiger partial charge is 0.497 e. The van der Waals surface area contributed by atoms with Crippen LogP contribution in [0.25, 0.3) is 0 Å². The predicted octanol–water partition coefficient (Wildman–Crippen LogP) is 3.38. The zero-order valence-electron chi connectivity index (χ0n) is 17.6. The Balaban J connectivity index is 1.42. The fraction of sp³-hybridized carbons (Fsp3) is 0.522. The van der Waals surface area contributed by atoms with Gasteiger partial charge in [0.05, 0.1) is 7.11 Å². The number of likely N-dealkylation sites (tertiary alicyclic amines) is 1. The Kier molecular flexibility index (Phi) is 5.43. The Morgan fingerprint density at radius 2 is 2.03 bits per heavy atom. The molecule has 0 saturated carbocycles. The molecular weight excluding hydrogens is 364 g/mol. The van der Waals surface area contributed by atoms with Gasteiger partial charge >= 0.3 is 0 Å². The van der Waals surface area contributed by atoms with Crippen molar-refractivity contribution in [2.75, 3.05) is 31.6 Å². The number of ether oxygens (including phenoxy) is 1. The smallest absolute Gasteiger partial charge is 0.223 e. The van der Waals surface area contributed by atoms with Gasteiger partial charge in [-0.05, 0) is 43.9 Å². The molecule has 29 heavy (non-hydrogen) atoms. The monoisotopic (exact) mass is 394 g/mol. The maximum Gasteiger partial charge on any atom is 0.223 e. The minimum atomic E-state index is 0.0981. The van der Waals surface area contributed by atoms with E-state index >= 15 is 0 Å². The third-order valence-corrected chi connectivity index (χ3v) is 6.38. The van der Waals surface area contributed by atoms with Crippen molar-refractivity contribution < 1.29 is 9.53 Å². The predicted molar refractivity (Wildman–Crippen MR) is 113 cm³/mol. The number of anilines is 1. The van der Waals surface area contributed by atoms with Crippen molar-refractivity contribution >= 4 is 11.7 Å². The van der Waals surface area contributed by atoms with E-state index in [1.807, 2.05) is 36.2 Å². The number of piperidine rings is 1. The van der Waals surface area contributed by atoms with Gasteiger partial charge in [-0.3, -0.25) is 4.79 Å². The van der Waals surface area contributed by atoms with Gasteiger partial charge in [-0.25, -0.2) is 9.97 Å². The van der Waals surface area contributed by atoms with Crippen molar-refractivity contribution in [3.8, 4) is 5.75 Å². The second-order valence-corrected chi connectivity index (χ2v) is 8.38. The zero-order chi connectivity index (χ0) is 20.4. The van der Waals surface area contributed by atoms with Crippen molar-refractivity contribution in [1.29, 1.82) is 0 Å². The summed E-state index contributed by atoms with van der Waals surface area (Å²) in [5.74, 6) is 3.00. The fourth-order valence-corrected chi connectivity index (χ4v) is 4.65. The van der Waals surface area contributed by atoms with Crippen molar-refractivity contribution in [3.05, 3.63) is 47.4 Å². The highest BCUT2D eigenvalue weighted by molar-refractivity contribution is 5.79. The normalized spacial score (nSPS) is 18.5. The molecule has 3 heterocycles. The van der Waals surface area contributed by atoms with Crippen molar-refractivity contribution in [2.45, 2.75) is 46.1 Å². The molecule has 4 rings (SSSR count). The lowest BCUT2D eigenvalue weighted by Crippen LogP contribution is -2.42. The highest BCUT2D eigenvalue weighted by Crippen LogP contribution is 2.42. The van der Waals surface area contributed by atoms with Crippen LogP contribution >= 0.6 is 0 Å². The average molecular weight is 395 g/mol. The van der Waals surface area contributed by atoms with Crippen LogP contribution in [0.15, 0.2) is 30.5 Å². The van der Waals surface area contributed by atoms with Gasteiger partial charge in [0.15, 0.2) is 0 Å². The first kappa shape index (κ1) is 19.7. The van der Waals surface area contributed by atoms with Crippen LogP contribution in [0.3, 0.4) is 0 Å². The molecule has 2 saturated heterocycles. The molecule has 0 aliphatic carbocycles. The molecule has 0 bridgehead atoms. The molecule has 0 radical (unpaired) electrons. The third-order valence-electron chi connectivity index (χ3n) is 6.38. The zero-order valence-corrected chi connectivity index (χ0v) is 17.6. The molecular formula is C23H30N4O2. The van der Waals surface area contributed by atoms with Gasteiger partial charge in [0.2, 0.25) is 5.91 Å². The number of benzene rings is 1. The second-order valence-electron chi connectivity index (χ2n) is 8.38. The number of aryl methyl sites for hydroxylation is 2. The summed E-state index contributed by atoms with van der Waals surface area (Å²) in [4.78, 5) is 26.2. The summed E-state index contributed by atoms with van der Waals surface area (Å²) in [6.07, 6.45) is 5.61. The van der Waals surface area contributed by atoms with Gasteiger partial charge in [-0.15, -0.1) is 0 Å². The number of hydrogen-bond acceptors (Lipinski definition) is 5. The highest BCUT2D eigenvalue weighted by atomic mass is 16.5. The first-order valence-corrected chi connectivity index (χ1v) is 10.5. The summed E-state index contributed by atoms with van der Waals surface area (Å²) < 4.78 is 5.32. The van der Waals surface area contributed by atoms with Crippen LogP contribution in [0.4, 0.5) is 5.82 Å². The average Bonchev–Trinajstić information content (AvgIpc) is 3.03. The molecule has 2 aliphatic heterocycles. The highest BCUT2D eigenvalue weighted by Gasteiger charge is 2.45. The topological polar surface area (TPSA) is 58.6 Å². The fourth-order valence-electron chi connectivity index (χ4n) is 4.65. The summed E-state index contributed by atoms with van der Waals surface area (Å²) in [6, 6.07) is 8.00. The van der Waals surface area contributed by atoms with Crippen molar-refractivity contribution in [3.63, 3.8) is 0 Å². The summed E-state index contributed by atoms with van der Waals surface area (Å²) in [7, 11) is 1.67. The number of nitrogens with zero attached hydrogens (tertiary/aromatic N) is 4. The number of rotatable bonds is 5. The third kappa shape index (κ3) is 4.07. The van der Waals surface area contributed by atoms with Gasteiger partial charge in [0, 0.05) is 49.8 Å². The van der Waals surface area contributed by atoms with E-state index in [9.17, 15) is 4.79 Å². The molecule has 6 heteroatoms. The van der Waals surface area contributed by atoms with Crippen LogP contribution in [-0.4, -0.2) is 47.5 Å². The molecule has 0 atom stereocenters. The Labute approximate surface area is 172 Å². The Hall–Kier alpha value is -2.63. The number of methoxy groups -OCH3 is 1. The van der Waals surface area contributed by atoms with E-state index in [1.54, 1.807) is 7.11 Å². The number of aromatic nitrogens is 2. The second kappa shape index (κ2) is 8.01. The summed E-state index contributed by atoms with van der Waals surface area (Å²) in [5, 5.41) is 0. The van der Waals surface area contributed by atoms with Crippen LogP contribution in [-0.2, 0) is 17.8 Å². The Morgan fingerprint density at radius 1 is 1.24 bits per heavy atom. The molecule has 1 aromatic heterocycles. The van der Waals surface area contributed by atoms with E-state index in [-0.39, 0.29) is 11.3 Å². The minimum absolute atomic E-state index is 0.0981.